The van der Waals surface area contributed by atoms with Gasteiger partial charge in [0.1, 0.15) is 0 Å². The number of hydrogen-bond donors (Lipinski definition) is 1. The van der Waals surface area contributed by atoms with Gasteiger partial charge in [0.2, 0.25) is 5.91 Å². The van der Waals surface area contributed by atoms with Gasteiger partial charge in [-0.2, -0.15) is 5.10 Å². The van der Waals surface area contributed by atoms with E-state index >= 15 is 0 Å². The zero-order valence-electron chi connectivity index (χ0n) is 15.2. The molecule has 0 atom stereocenters. The molecule has 4 rings (SSSR count). The molecular formula is C21H23ClN4O. The van der Waals surface area contributed by atoms with Gasteiger partial charge >= 0.3 is 0 Å². The minimum atomic E-state index is -0.0418. The van der Waals surface area contributed by atoms with Crippen LogP contribution in [0.15, 0.2) is 48.7 Å². The SMILES string of the molecule is O=C(Cc1ccc(Cl)cc1)Nc1ccc2cnn(CCN3CCCC3)c2c1. The third-order valence-corrected chi connectivity index (χ3v) is 5.29. The lowest BCUT2D eigenvalue weighted by Crippen LogP contribution is -2.24. The van der Waals surface area contributed by atoms with Crippen LogP contribution < -0.4 is 5.32 Å². The molecule has 5 nitrogen and oxygen atoms in total. The zero-order chi connectivity index (χ0) is 18.6. The van der Waals surface area contributed by atoms with Gasteiger partial charge in [0, 0.05) is 22.6 Å². The van der Waals surface area contributed by atoms with Gasteiger partial charge in [0.25, 0.3) is 0 Å². The minimum Gasteiger partial charge on any atom is -0.326 e. The maximum Gasteiger partial charge on any atom is 0.228 e. The van der Waals surface area contributed by atoms with E-state index in [0.29, 0.717) is 11.4 Å². The van der Waals surface area contributed by atoms with Crippen LogP contribution in [0, 0.1) is 0 Å². The van der Waals surface area contributed by atoms with Crippen molar-refractivity contribution in [2.24, 2.45) is 0 Å². The Morgan fingerprint density at radius 1 is 1.07 bits per heavy atom. The van der Waals surface area contributed by atoms with Crippen LogP contribution in [0.1, 0.15) is 18.4 Å². The summed E-state index contributed by atoms with van der Waals surface area (Å²) in [5, 5.41) is 9.27. The average Bonchev–Trinajstić information content (AvgIpc) is 3.31. The van der Waals surface area contributed by atoms with Gasteiger partial charge in [-0.3, -0.25) is 9.48 Å². The van der Waals surface area contributed by atoms with Crippen LogP contribution in [0.3, 0.4) is 0 Å². The van der Waals surface area contributed by atoms with Crippen molar-refractivity contribution in [3.05, 3.63) is 59.2 Å². The van der Waals surface area contributed by atoms with E-state index in [2.05, 4.69) is 15.3 Å². The number of halogens is 1. The summed E-state index contributed by atoms with van der Waals surface area (Å²) in [6.45, 7) is 4.26. The second-order valence-corrected chi connectivity index (χ2v) is 7.48. The van der Waals surface area contributed by atoms with Gasteiger partial charge in [-0.05, 0) is 61.8 Å². The summed E-state index contributed by atoms with van der Waals surface area (Å²) in [7, 11) is 0. The molecule has 1 aliphatic rings. The van der Waals surface area contributed by atoms with E-state index in [4.69, 9.17) is 11.6 Å². The molecule has 1 aliphatic heterocycles. The first-order valence-electron chi connectivity index (χ1n) is 9.40. The molecule has 0 bridgehead atoms. The van der Waals surface area contributed by atoms with Gasteiger partial charge in [-0.15, -0.1) is 0 Å². The molecule has 0 aliphatic carbocycles. The minimum absolute atomic E-state index is 0.0418. The summed E-state index contributed by atoms with van der Waals surface area (Å²) in [4.78, 5) is 14.8. The normalized spacial score (nSPS) is 14.7. The zero-order valence-corrected chi connectivity index (χ0v) is 16.0. The molecule has 6 heteroatoms. The van der Waals surface area contributed by atoms with E-state index < -0.39 is 0 Å². The smallest absolute Gasteiger partial charge is 0.228 e. The number of rotatable bonds is 6. The number of nitrogens with one attached hydrogen (secondary N) is 1. The maximum absolute atomic E-state index is 12.4. The van der Waals surface area contributed by atoms with Crippen LogP contribution in [0.4, 0.5) is 5.69 Å². The largest absolute Gasteiger partial charge is 0.326 e. The van der Waals surface area contributed by atoms with E-state index in [0.717, 1.165) is 35.2 Å². The highest BCUT2D eigenvalue weighted by molar-refractivity contribution is 6.30. The lowest BCUT2D eigenvalue weighted by Gasteiger charge is -2.14. The molecule has 0 spiro atoms. The lowest BCUT2D eigenvalue weighted by atomic mass is 10.1. The standard InChI is InChI=1S/C21H23ClN4O/c22-18-6-3-16(4-7-18)13-21(27)24-19-8-5-17-15-23-26(20(17)14-19)12-11-25-9-1-2-10-25/h3-8,14-15H,1-2,9-13H2,(H,24,27). The van der Waals surface area contributed by atoms with E-state index in [1.54, 1.807) is 12.1 Å². The van der Waals surface area contributed by atoms with Crippen LogP contribution in [-0.4, -0.2) is 40.2 Å². The highest BCUT2D eigenvalue weighted by atomic mass is 35.5. The Kier molecular flexibility index (Phi) is 5.41. The molecule has 0 radical (unpaired) electrons. The average molecular weight is 383 g/mol. The van der Waals surface area contributed by atoms with Crippen molar-refractivity contribution < 1.29 is 4.79 Å². The Morgan fingerprint density at radius 3 is 2.63 bits per heavy atom. The van der Waals surface area contributed by atoms with Crippen molar-refractivity contribution in [3.63, 3.8) is 0 Å². The Balaban J connectivity index is 1.43. The number of hydrogen-bond acceptors (Lipinski definition) is 3. The van der Waals surface area contributed by atoms with Gasteiger partial charge in [-0.1, -0.05) is 23.7 Å². The number of carbonyl (C=O) groups is 1. The Morgan fingerprint density at radius 2 is 1.85 bits per heavy atom. The fraction of sp³-hybridized carbons (Fsp3) is 0.333. The van der Waals surface area contributed by atoms with Gasteiger partial charge < -0.3 is 10.2 Å². The maximum atomic E-state index is 12.4. The van der Waals surface area contributed by atoms with Crippen molar-refractivity contribution in [1.29, 1.82) is 0 Å². The molecule has 2 heterocycles. The molecule has 1 amide bonds. The Hall–Kier alpha value is -2.37. The number of likely N-dealkylation sites (tertiary alicyclic amines) is 1. The van der Waals surface area contributed by atoms with E-state index in [1.807, 2.05) is 41.2 Å². The number of fused-ring (bicyclic) bond motifs is 1. The molecule has 140 valence electrons. The van der Waals surface area contributed by atoms with Gasteiger partial charge in [0.15, 0.2) is 0 Å². The second-order valence-electron chi connectivity index (χ2n) is 7.04. The molecule has 1 fully saturated rings. The van der Waals surface area contributed by atoms with Crippen molar-refractivity contribution in [2.45, 2.75) is 25.8 Å². The van der Waals surface area contributed by atoms with Crippen molar-refractivity contribution in [2.75, 3.05) is 25.0 Å². The van der Waals surface area contributed by atoms with Gasteiger partial charge in [0.05, 0.1) is 24.7 Å². The Bertz CT molecular complexity index is 929. The first-order chi connectivity index (χ1) is 13.2. The summed E-state index contributed by atoms with van der Waals surface area (Å²) in [5.41, 5.74) is 2.79. The number of amides is 1. The number of carbonyl (C=O) groups excluding carboxylic acids is 1. The van der Waals surface area contributed by atoms with Crippen molar-refractivity contribution in [3.8, 4) is 0 Å². The monoisotopic (exact) mass is 382 g/mol. The third-order valence-electron chi connectivity index (χ3n) is 5.03. The Labute approximate surface area is 163 Å². The molecule has 1 saturated heterocycles. The summed E-state index contributed by atoms with van der Waals surface area (Å²) in [5.74, 6) is -0.0418. The van der Waals surface area contributed by atoms with Crippen molar-refractivity contribution >= 4 is 34.1 Å². The number of benzene rings is 2. The lowest BCUT2D eigenvalue weighted by molar-refractivity contribution is -0.115. The molecule has 1 aromatic heterocycles. The fourth-order valence-electron chi connectivity index (χ4n) is 3.56. The number of nitrogens with zero attached hydrogens (tertiary/aromatic N) is 3. The summed E-state index contributed by atoms with van der Waals surface area (Å²) < 4.78 is 2.03. The van der Waals surface area contributed by atoms with Crippen LogP contribution in [-0.2, 0) is 17.8 Å². The summed E-state index contributed by atoms with van der Waals surface area (Å²) in [6.07, 6.45) is 4.80. The van der Waals surface area contributed by atoms with Gasteiger partial charge in [-0.25, -0.2) is 0 Å². The van der Waals surface area contributed by atoms with Crippen LogP contribution in [0.2, 0.25) is 5.02 Å². The molecule has 1 N–H and O–H groups in total. The third kappa shape index (κ3) is 4.49. The summed E-state index contributed by atoms with van der Waals surface area (Å²) >= 11 is 5.89. The predicted octanol–water partition coefficient (Wildman–Crippen LogP) is 3.97. The number of anilines is 1. The molecular weight excluding hydrogens is 360 g/mol. The highest BCUT2D eigenvalue weighted by Crippen LogP contribution is 2.20. The fourth-order valence-corrected chi connectivity index (χ4v) is 3.69. The molecule has 27 heavy (non-hydrogen) atoms. The topological polar surface area (TPSA) is 50.2 Å². The quantitative estimate of drug-likeness (QED) is 0.701. The van der Waals surface area contributed by atoms with Crippen molar-refractivity contribution in [1.82, 2.24) is 14.7 Å². The van der Waals surface area contributed by atoms with E-state index in [-0.39, 0.29) is 5.91 Å². The second kappa shape index (κ2) is 8.11. The molecule has 3 aromatic rings. The molecule has 0 unspecified atom stereocenters. The van der Waals surface area contributed by atoms with Crippen LogP contribution in [0.5, 0.6) is 0 Å². The highest BCUT2D eigenvalue weighted by Gasteiger charge is 2.12. The van der Waals surface area contributed by atoms with E-state index in [9.17, 15) is 4.79 Å². The molecule has 0 saturated carbocycles. The summed E-state index contributed by atoms with van der Waals surface area (Å²) in [6, 6.07) is 13.3. The predicted molar refractivity (Wildman–Crippen MR) is 109 cm³/mol. The first-order valence-corrected chi connectivity index (χ1v) is 9.77. The number of aromatic nitrogens is 2. The van der Waals surface area contributed by atoms with Crippen LogP contribution >= 0.6 is 11.6 Å². The van der Waals surface area contributed by atoms with Crippen LogP contribution in [0.25, 0.3) is 10.9 Å². The first kappa shape index (κ1) is 18.0. The van der Waals surface area contributed by atoms with E-state index in [1.165, 1.54) is 25.9 Å². The molecule has 2 aromatic carbocycles.